The van der Waals surface area contributed by atoms with Crippen LogP contribution in [-0.4, -0.2) is 48.4 Å². The Morgan fingerprint density at radius 1 is 1.00 bits per heavy atom. The van der Waals surface area contributed by atoms with E-state index in [9.17, 15) is 14.7 Å². The second kappa shape index (κ2) is 7.77. The number of nitrogens with zero attached hydrogens (tertiary/aromatic N) is 1. The number of benzene rings is 2. The van der Waals surface area contributed by atoms with Crippen molar-refractivity contribution in [3.63, 3.8) is 0 Å². The zero-order valence-electron chi connectivity index (χ0n) is 18.4. The first-order valence-electron chi connectivity index (χ1n) is 10.7. The van der Waals surface area contributed by atoms with Gasteiger partial charge in [0, 0.05) is 18.9 Å². The normalized spacial score (nSPS) is 23.0. The molecule has 31 heavy (non-hydrogen) atoms. The standard InChI is InChI=1S/C25H29NO4Si/c1-17(27)26-21-15-18(24(28)29)16-22(23(21)26)30-31(25(2,3)4,19-11-7-5-8-12-19)20-13-9-6-10-14-20/h5-15,21-23H,16H2,1-4H3,(H,28,29)/t21-,22+,23+,26?/m0/s1. The molecule has 1 aliphatic carbocycles. The monoisotopic (exact) mass is 435 g/mol. The third kappa shape index (κ3) is 3.64. The minimum absolute atomic E-state index is 0.0473. The number of hydrogen-bond donors (Lipinski definition) is 1. The highest BCUT2D eigenvalue weighted by molar-refractivity contribution is 6.99. The number of carboxylic acids is 1. The summed E-state index contributed by atoms with van der Waals surface area (Å²) in [6.45, 7) is 8.13. The van der Waals surface area contributed by atoms with Crippen molar-refractivity contribution in [3.05, 3.63) is 72.3 Å². The summed E-state index contributed by atoms with van der Waals surface area (Å²) in [7, 11) is -2.84. The van der Waals surface area contributed by atoms with Gasteiger partial charge in [0.25, 0.3) is 8.32 Å². The average Bonchev–Trinajstić information content (AvgIpc) is 3.47. The fourth-order valence-electron chi connectivity index (χ4n) is 5.07. The number of carboxylic acid groups (broad SMARTS) is 1. The first kappa shape index (κ1) is 21.5. The summed E-state index contributed by atoms with van der Waals surface area (Å²) in [6, 6.07) is 20.3. The number of carbonyl (C=O) groups excluding carboxylic acids is 1. The Morgan fingerprint density at radius 2 is 1.52 bits per heavy atom. The van der Waals surface area contributed by atoms with Gasteiger partial charge in [-0.15, -0.1) is 0 Å². The van der Waals surface area contributed by atoms with Gasteiger partial charge in [-0.25, -0.2) is 4.79 Å². The van der Waals surface area contributed by atoms with Crippen LogP contribution in [0.2, 0.25) is 5.04 Å². The van der Waals surface area contributed by atoms with Crippen LogP contribution in [0.25, 0.3) is 0 Å². The minimum atomic E-state index is -2.84. The highest BCUT2D eigenvalue weighted by atomic mass is 28.4. The van der Waals surface area contributed by atoms with Gasteiger partial charge >= 0.3 is 5.97 Å². The van der Waals surface area contributed by atoms with E-state index in [0.29, 0.717) is 12.0 Å². The molecule has 1 amide bonds. The quantitative estimate of drug-likeness (QED) is 0.579. The summed E-state index contributed by atoms with van der Waals surface area (Å²) in [6.07, 6.45) is 1.65. The lowest BCUT2D eigenvalue weighted by atomic mass is 9.97. The zero-order valence-corrected chi connectivity index (χ0v) is 19.4. The van der Waals surface area contributed by atoms with Crippen molar-refractivity contribution in [1.82, 2.24) is 4.90 Å². The van der Waals surface area contributed by atoms with E-state index in [1.54, 1.807) is 11.0 Å². The van der Waals surface area contributed by atoms with Crippen molar-refractivity contribution in [2.45, 2.75) is 57.3 Å². The number of amides is 1. The Balaban J connectivity index is 1.85. The van der Waals surface area contributed by atoms with E-state index in [1.165, 1.54) is 6.92 Å². The minimum Gasteiger partial charge on any atom is -0.478 e. The van der Waals surface area contributed by atoms with Gasteiger partial charge in [-0.1, -0.05) is 81.4 Å². The molecule has 2 aliphatic rings. The number of rotatable bonds is 5. The molecule has 1 fully saturated rings. The SMILES string of the molecule is CC(=O)N1[C@H]2[C@H](O[Si](c3ccccc3)(c3ccccc3)C(C)(C)C)CC(C(=O)O)=C[C@@H]21. The second-order valence-electron chi connectivity index (χ2n) is 9.43. The molecule has 3 atom stereocenters. The number of carbonyl (C=O) groups is 2. The number of fused-ring (bicyclic) bond motifs is 1. The molecule has 0 unspecified atom stereocenters. The average molecular weight is 436 g/mol. The van der Waals surface area contributed by atoms with E-state index in [1.807, 2.05) is 36.4 Å². The third-order valence-electron chi connectivity index (χ3n) is 6.46. The highest BCUT2D eigenvalue weighted by Crippen LogP contribution is 2.45. The van der Waals surface area contributed by atoms with Crippen LogP contribution in [0, 0.1) is 0 Å². The van der Waals surface area contributed by atoms with Crippen LogP contribution in [0.15, 0.2) is 72.3 Å². The van der Waals surface area contributed by atoms with E-state index in [2.05, 4.69) is 45.0 Å². The lowest BCUT2D eigenvalue weighted by Crippen LogP contribution is -2.68. The smallest absolute Gasteiger partial charge is 0.331 e. The summed E-state index contributed by atoms with van der Waals surface area (Å²) in [4.78, 5) is 25.8. The molecule has 0 radical (unpaired) electrons. The molecule has 0 spiro atoms. The molecule has 0 bridgehead atoms. The second-order valence-corrected chi connectivity index (χ2v) is 13.7. The van der Waals surface area contributed by atoms with Crippen molar-refractivity contribution in [1.29, 1.82) is 0 Å². The molecule has 2 aromatic carbocycles. The van der Waals surface area contributed by atoms with E-state index >= 15 is 0 Å². The van der Waals surface area contributed by atoms with Crippen molar-refractivity contribution < 1.29 is 19.1 Å². The fourth-order valence-corrected chi connectivity index (χ4v) is 9.76. The molecule has 1 heterocycles. The lowest BCUT2D eigenvalue weighted by Gasteiger charge is -2.45. The molecule has 2 aromatic rings. The van der Waals surface area contributed by atoms with Gasteiger partial charge in [0.05, 0.1) is 18.2 Å². The molecule has 1 aliphatic heterocycles. The topological polar surface area (TPSA) is 66.6 Å². The first-order valence-corrected chi connectivity index (χ1v) is 12.6. The molecule has 6 heteroatoms. The Morgan fingerprint density at radius 3 is 1.94 bits per heavy atom. The van der Waals surface area contributed by atoms with Crippen molar-refractivity contribution in [2.24, 2.45) is 0 Å². The summed E-state index contributed by atoms with van der Waals surface area (Å²) in [5, 5.41) is 11.8. The van der Waals surface area contributed by atoms with E-state index in [0.717, 1.165) is 10.4 Å². The van der Waals surface area contributed by atoms with Gasteiger partial charge < -0.3 is 14.4 Å². The molecular formula is C25H29NO4Si. The zero-order chi connectivity index (χ0) is 22.4. The van der Waals surface area contributed by atoms with Crippen LogP contribution in [0.1, 0.15) is 34.1 Å². The highest BCUT2D eigenvalue weighted by Gasteiger charge is 2.60. The third-order valence-corrected chi connectivity index (χ3v) is 11.5. The Labute approximate surface area is 184 Å². The number of hydrogen-bond acceptors (Lipinski definition) is 3. The molecule has 1 N–H and O–H groups in total. The van der Waals surface area contributed by atoms with Gasteiger partial charge in [0.15, 0.2) is 0 Å². The van der Waals surface area contributed by atoms with Crippen LogP contribution in [-0.2, 0) is 14.0 Å². The molecule has 5 nitrogen and oxygen atoms in total. The summed E-state index contributed by atoms with van der Waals surface area (Å²) >= 11 is 0. The molecule has 0 aromatic heterocycles. The molecule has 162 valence electrons. The summed E-state index contributed by atoms with van der Waals surface area (Å²) in [5.74, 6) is -0.987. The van der Waals surface area contributed by atoms with Crippen molar-refractivity contribution in [2.75, 3.05) is 0 Å². The van der Waals surface area contributed by atoms with Gasteiger partial charge in [-0.2, -0.15) is 0 Å². The lowest BCUT2D eigenvalue weighted by molar-refractivity contribution is -0.133. The van der Waals surface area contributed by atoms with Crippen LogP contribution >= 0.6 is 0 Å². The van der Waals surface area contributed by atoms with Crippen molar-refractivity contribution >= 4 is 30.6 Å². The Hall–Kier alpha value is -2.70. The van der Waals surface area contributed by atoms with Crippen LogP contribution in [0.4, 0.5) is 0 Å². The molecule has 1 saturated heterocycles. The van der Waals surface area contributed by atoms with Crippen LogP contribution in [0.5, 0.6) is 0 Å². The summed E-state index contributed by atoms with van der Waals surface area (Å²) < 4.78 is 7.17. The molecule has 4 rings (SSSR count). The predicted molar refractivity (Wildman–Crippen MR) is 123 cm³/mol. The van der Waals surface area contributed by atoms with E-state index in [-0.39, 0.29) is 29.1 Å². The Bertz CT molecular complexity index is 973. The predicted octanol–water partition coefficient (Wildman–Crippen LogP) is 2.95. The molecular weight excluding hydrogens is 406 g/mol. The Kier molecular flexibility index (Phi) is 5.39. The van der Waals surface area contributed by atoms with Crippen molar-refractivity contribution in [3.8, 4) is 0 Å². The van der Waals surface area contributed by atoms with Crippen LogP contribution < -0.4 is 10.4 Å². The van der Waals surface area contributed by atoms with Gasteiger partial charge in [-0.05, 0) is 21.5 Å². The maximum atomic E-state index is 12.2. The summed E-state index contributed by atoms with van der Waals surface area (Å²) in [5.41, 5.74) is 0.327. The van der Waals surface area contributed by atoms with E-state index in [4.69, 9.17) is 4.43 Å². The van der Waals surface area contributed by atoms with Gasteiger partial charge in [-0.3, -0.25) is 4.79 Å². The fraction of sp³-hybridized carbons (Fsp3) is 0.360. The van der Waals surface area contributed by atoms with Gasteiger partial charge in [0.2, 0.25) is 5.91 Å². The number of aliphatic carboxylic acids is 1. The largest absolute Gasteiger partial charge is 0.478 e. The van der Waals surface area contributed by atoms with Crippen LogP contribution in [0.3, 0.4) is 0 Å². The van der Waals surface area contributed by atoms with Gasteiger partial charge in [0.1, 0.15) is 0 Å². The first-order chi connectivity index (χ1) is 14.7. The molecule has 0 saturated carbocycles. The maximum Gasteiger partial charge on any atom is 0.331 e. The van der Waals surface area contributed by atoms with E-state index < -0.39 is 14.3 Å². The maximum absolute atomic E-state index is 12.2.